The molecule has 1 aromatic rings. The Kier molecular flexibility index (Phi) is 1.93. The van der Waals surface area contributed by atoms with Gasteiger partial charge in [-0.3, -0.25) is 0 Å². The van der Waals surface area contributed by atoms with Crippen LogP contribution in [-0.2, 0) is 12.8 Å². The second-order valence-electron chi connectivity index (χ2n) is 3.83. The Morgan fingerprint density at radius 1 is 1.12 bits per heavy atom. The molecule has 0 spiro atoms. The molecule has 16 heavy (non-hydrogen) atoms. The van der Waals surface area contributed by atoms with Crippen LogP contribution in [0.3, 0.4) is 0 Å². The van der Waals surface area contributed by atoms with Gasteiger partial charge in [0.1, 0.15) is 0 Å². The largest absolute Gasteiger partial charge is 0.490 e. The highest BCUT2D eigenvalue weighted by molar-refractivity contribution is 5.68. The van der Waals surface area contributed by atoms with E-state index in [9.17, 15) is 5.26 Å². The molecule has 4 nitrogen and oxygen atoms in total. The topological polar surface area (TPSA) is 51.5 Å². The molecule has 3 rings (SSSR count). The lowest BCUT2D eigenvalue weighted by atomic mass is 9.97. The van der Waals surface area contributed by atoms with Gasteiger partial charge in [0.25, 0.3) is 0 Å². The number of nitriles is 1. The zero-order valence-electron chi connectivity index (χ0n) is 9.00. The summed E-state index contributed by atoms with van der Waals surface area (Å²) in [6.07, 6.45) is 1.56. The molecule has 0 saturated heterocycles. The van der Waals surface area contributed by atoms with Crippen molar-refractivity contribution in [2.45, 2.75) is 12.8 Å². The predicted molar refractivity (Wildman–Crippen MR) is 56.1 cm³/mol. The Bertz CT molecular complexity index is 467. The average molecular weight is 217 g/mol. The van der Waals surface area contributed by atoms with E-state index in [1.807, 2.05) is 0 Å². The van der Waals surface area contributed by atoms with Gasteiger partial charge in [-0.25, -0.2) is 0 Å². The van der Waals surface area contributed by atoms with E-state index in [1.165, 1.54) is 0 Å². The Morgan fingerprint density at radius 3 is 2.12 bits per heavy atom. The number of hydrogen-bond acceptors (Lipinski definition) is 4. The number of nitrogens with zero attached hydrogens (tertiary/aromatic N) is 1. The summed E-state index contributed by atoms with van der Waals surface area (Å²) in [4.78, 5) is 0. The molecule has 0 amide bonds. The molecular formula is C12H11NO3. The third-order valence-corrected chi connectivity index (χ3v) is 3.08. The Balaban J connectivity index is 2.35. The van der Waals surface area contributed by atoms with Crippen LogP contribution in [0.15, 0.2) is 0 Å². The minimum Gasteiger partial charge on any atom is -0.490 e. The highest BCUT2D eigenvalue weighted by atomic mass is 16.5. The molecule has 0 bridgehead atoms. The molecule has 2 aliphatic rings. The summed E-state index contributed by atoms with van der Waals surface area (Å²) in [6, 6.07) is 2.26. The lowest BCUT2D eigenvalue weighted by Crippen LogP contribution is -1.96. The molecule has 2 heterocycles. The van der Waals surface area contributed by atoms with Crippen LogP contribution in [0.1, 0.15) is 16.7 Å². The molecule has 0 aliphatic carbocycles. The van der Waals surface area contributed by atoms with Gasteiger partial charge in [0.15, 0.2) is 11.5 Å². The number of fused-ring (bicyclic) bond motifs is 2. The van der Waals surface area contributed by atoms with Crippen LogP contribution in [0.4, 0.5) is 0 Å². The van der Waals surface area contributed by atoms with Crippen LogP contribution in [0.5, 0.6) is 17.2 Å². The molecule has 0 atom stereocenters. The van der Waals surface area contributed by atoms with Crippen LogP contribution in [0.2, 0.25) is 0 Å². The first-order valence-corrected chi connectivity index (χ1v) is 5.28. The Morgan fingerprint density at radius 2 is 1.69 bits per heavy atom. The Hall–Kier alpha value is -1.89. The third-order valence-electron chi connectivity index (χ3n) is 3.08. The molecule has 1 aromatic carbocycles. The van der Waals surface area contributed by atoms with E-state index < -0.39 is 0 Å². The van der Waals surface area contributed by atoms with E-state index in [4.69, 9.17) is 14.2 Å². The summed E-state index contributed by atoms with van der Waals surface area (Å²) in [5.41, 5.74) is 2.67. The lowest BCUT2D eigenvalue weighted by Gasteiger charge is -2.12. The zero-order chi connectivity index (χ0) is 11.1. The summed E-state index contributed by atoms with van der Waals surface area (Å²) in [6.45, 7) is 1.23. The van der Waals surface area contributed by atoms with Crippen molar-refractivity contribution in [3.63, 3.8) is 0 Å². The third kappa shape index (κ3) is 1.03. The zero-order valence-corrected chi connectivity index (χ0v) is 9.00. The van der Waals surface area contributed by atoms with E-state index in [-0.39, 0.29) is 0 Å². The maximum Gasteiger partial charge on any atom is 0.203 e. The normalized spacial score (nSPS) is 15.8. The fourth-order valence-corrected chi connectivity index (χ4v) is 2.40. The monoisotopic (exact) mass is 217 g/mol. The smallest absolute Gasteiger partial charge is 0.203 e. The predicted octanol–water partition coefficient (Wildman–Crippen LogP) is 1.44. The van der Waals surface area contributed by atoms with Gasteiger partial charge in [0.05, 0.1) is 32.0 Å². The van der Waals surface area contributed by atoms with E-state index in [1.54, 1.807) is 7.11 Å². The summed E-state index contributed by atoms with van der Waals surface area (Å²) in [5, 5.41) is 9.23. The molecule has 0 aromatic heterocycles. The second-order valence-corrected chi connectivity index (χ2v) is 3.83. The van der Waals surface area contributed by atoms with Crippen LogP contribution in [0.25, 0.3) is 0 Å². The van der Waals surface area contributed by atoms with Crippen LogP contribution < -0.4 is 14.2 Å². The van der Waals surface area contributed by atoms with Gasteiger partial charge in [-0.15, -0.1) is 0 Å². The van der Waals surface area contributed by atoms with Gasteiger partial charge in [-0.2, -0.15) is 5.26 Å². The first kappa shape index (κ1) is 9.34. The number of rotatable bonds is 1. The molecule has 0 unspecified atom stereocenters. The number of hydrogen-bond donors (Lipinski definition) is 0. The fourth-order valence-electron chi connectivity index (χ4n) is 2.40. The first-order valence-electron chi connectivity index (χ1n) is 5.28. The van der Waals surface area contributed by atoms with Gasteiger partial charge in [-0.1, -0.05) is 0 Å². The molecule has 82 valence electrons. The van der Waals surface area contributed by atoms with Crippen LogP contribution in [-0.4, -0.2) is 20.3 Å². The fraction of sp³-hybridized carbons (Fsp3) is 0.417. The number of benzene rings is 1. The van der Waals surface area contributed by atoms with Crippen molar-refractivity contribution >= 4 is 0 Å². The quantitative estimate of drug-likeness (QED) is 0.714. The molecule has 4 heteroatoms. The molecule has 0 fully saturated rings. The lowest BCUT2D eigenvalue weighted by molar-refractivity contribution is 0.299. The van der Waals surface area contributed by atoms with Crippen molar-refractivity contribution in [3.8, 4) is 23.3 Å². The highest BCUT2D eigenvalue weighted by Gasteiger charge is 2.32. The van der Waals surface area contributed by atoms with Crippen molar-refractivity contribution in [3.05, 3.63) is 16.7 Å². The van der Waals surface area contributed by atoms with Gasteiger partial charge in [-0.05, 0) is 0 Å². The van der Waals surface area contributed by atoms with E-state index in [2.05, 4.69) is 6.07 Å². The first-order chi connectivity index (χ1) is 7.86. The number of methoxy groups -OCH3 is 1. The second kappa shape index (κ2) is 3.31. The maximum absolute atomic E-state index is 9.23. The van der Waals surface area contributed by atoms with E-state index >= 15 is 0 Å². The number of ether oxygens (including phenoxy) is 3. The van der Waals surface area contributed by atoms with Crippen molar-refractivity contribution in [2.75, 3.05) is 20.3 Å². The molecule has 2 aliphatic heterocycles. The average Bonchev–Trinajstić information content (AvgIpc) is 2.93. The summed E-state index contributed by atoms with van der Waals surface area (Å²) < 4.78 is 16.4. The van der Waals surface area contributed by atoms with Crippen molar-refractivity contribution in [2.24, 2.45) is 0 Å². The minimum absolute atomic E-state index is 0.614. The minimum atomic E-state index is 0.614. The maximum atomic E-state index is 9.23. The van der Waals surface area contributed by atoms with Crippen molar-refractivity contribution in [1.82, 2.24) is 0 Å². The van der Waals surface area contributed by atoms with Gasteiger partial charge < -0.3 is 14.2 Å². The Labute approximate surface area is 93.3 Å². The summed E-state index contributed by atoms with van der Waals surface area (Å²) >= 11 is 0. The highest BCUT2D eigenvalue weighted by Crippen LogP contribution is 2.49. The van der Waals surface area contributed by atoms with Gasteiger partial charge >= 0.3 is 0 Å². The van der Waals surface area contributed by atoms with E-state index in [0.29, 0.717) is 30.5 Å². The van der Waals surface area contributed by atoms with Crippen LogP contribution >= 0.6 is 0 Å². The van der Waals surface area contributed by atoms with Gasteiger partial charge in [0.2, 0.25) is 5.75 Å². The van der Waals surface area contributed by atoms with Crippen molar-refractivity contribution < 1.29 is 14.2 Å². The SMILES string of the molecule is COc1c2c(c(C#N)c3c1OCC3)CCO2. The molecule has 0 radical (unpaired) electrons. The van der Waals surface area contributed by atoms with Gasteiger partial charge in [0, 0.05) is 24.0 Å². The molecule has 0 N–H and O–H groups in total. The van der Waals surface area contributed by atoms with Crippen LogP contribution in [0, 0.1) is 11.3 Å². The standard InChI is InChI=1S/C12H11NO3/c1-14-12-10-7(2-4-15-10)9(6-13)8-3-5-16-11(8)12/h2-5H2,1H3. The summed E-state index contributed by atoms with van der Waals surface area (Å²) in [5.74, 6) is 2.04. The van der Waals surface area contributed by atoms with Crippen molar-refractivity contribution in [1.29, 1.82) is 5.26 Å². The van der Waals surface area contributed by atoms with E-state index in [0.717, 1.165) is 29.5 Å². The molecular weight excluding hydrogens is 206 g/mol. The molecule has 0 saturated carbocycles. The summed E-state index contributed by atoms with van der Waals surface area (Å²) in [7, 11) is 1.60.